The lowest BCUT2D eigenvalue weighted by molar-refractivity contribution is -0.132. The van der Waals surface area contributed by atoms with E-state index in [1.165, 1.54) is 17.1 Å². The van der Waals surface area contributed by atoms with Gasteiger partial charge in [0.25, 0.3) is 5.91 Å². The van der Waals surface area contributed by atoms with Crippen LogP contribution in [0.15, 0.2) is 59.8 Å². The number of hydrazone groups is 1. The normalized spacial score (nSPS) is 14.2. The van der Waals surface area contributed by atoms with Crippen LogP contribution in [0.25, 0.3) is 5.82 Å². The third-order valence-corrected chi connectivity index (χ3v) is 5.20. The number of benzene rings is 1. The van der Waals surface area contributed by atoms with Gasteiger partial charge in [-0.3, -0.25) is 9.59 Å². The number of hydrogen-bond acceptors (Lipinski definition) is 5. The zero-order chi connectivity index (χ0) is 23.6. The van der Waals surface area contributed by atoms with Gasteiger partial charge in [0.2, 0.25) is 5.91 Å². The Morgan fingerprint density at radius 2 is 1.88 bits per heavy atom. The van der Waals surface area contributed by atoms with Crippen molar-refractivity contribution in [1.29, 1.82) is 0 Å². The molecule has 0 unspecified atom stereocenters. The number of pyridine rings is 1. The van der Waals surface area contributed by atoms with Crippen molar-refractivity contribution < 1.29 is 14.0 Å². The molecule has 1 aromatic carbocycles. The SMILES string of the molecule is CC(C)(C)c1cc(NC(=O)C2=NN(Cc3ccc(F)cc3)C(=O)CC2)n(-c2ccccn2)n1. The topological polar surface area (TPSA) is 92.5 Å². The third kappa shape index (κ3) is 5.14. The Bertz CT molecular complexity index is 1200. The van der Waals surface area contributed by atoms with Crippen LogP contribution in [0.1, 0.15) is 44.9 Å². The number of nitrogens with one attached hydrogen (secondary N) is 1. The van der Waals surface area contributed by atoms with E-state index < -0.39 is 5.91 Å². The minimum absolute atomic E-state index is 0.163. The molecule has 0 saturated carbocycles. The second kappa shape index (κ2) is 8.93. The molecule has 3 heterocycles. The zero-order valence-electron chi connectivity index (χ0n) is 18.7. The molecule has 1 N–H and O–H groups in total. The first-order chi connectivity index (χ1) is 15.7. The number of hydrogen-bond donors (Lipinski definition) is 1. The summed E-state index contributed by atoms with van der Waals surface area (Å²) in [6.07, 6.45) is 2.05. The molecular weight excluding hydrogens is 423 g/mol. The maximum absolute atomic E-state index is 13.2. The van der Waals surface area contributed by atoms with Gasteiger partial charge in [0.15, 0.2) is 5.82 Å². The van der Waals surface area contributed by atoms with Gasteiger partial charge in [0.05, 0.1) is 12.2 Å². The van der Waals surface area contributed by atoms with Crippen molar-refractivity contribution in [1.82, 2.24) is 19.8 Å². The van der Waals surface area contributed by atoms with Crippen LogP contribution in [0.4, 0.5) is 10.2 Å². The van der Waals surface area contributed by atoms with E-state index in [0.29, 0.717) is 11.6 Å². The van der Waals surface area contributed by atoms with Gasteiger partial charge in [0.1, 0.15) is 17.3 Å². The Labute approximate surface area is 191 Å². The van der Waals surface area contributed by atoms with Gasteiger partial charge in [-0.2, -0.15) is 14.9 Å². The van der Waals surface area contributed by atoms with Crippen molar-refractivity contribution in [3.05, 3.63) is 71.8 Å². The van der Waals surface area contributed by atoms with E-state index in [9.17, 15) is 14.0 Å². The zero-order valence-corrected chi connectivity index (χ0v) is 18.7. The van der Waals surface area contributed by atoms with Crippen LogP contribution < -0.4 is 5.32 Å². The highest BCUT2D eigenvalue weighted by Gasteiger charge is 2.27. The van der Waals surface area contributed by atoms with Gasteiger partial charge in [-0.05, 0) is 29.8 Å². The number of halogens is 1. The second-order valence-corrected chi connectivity index (χ2v) is 8.84. The first-order valence-corrected chi connectivity index (χ1v) is 10.7. The van der Waals surface area contributed by atoms with Crippen LogP contribution in [0.2, 0.25) is 0 Å². The predicted molar refractivity (Wildman–Crippen MR) is 122 cm³/mol. The average molecular weight is 449 g/mol. The maximum atomic E-state index is 13.2. The molecule has 0 radical (unpaired) electrons. The van der Waals surface area contributed by atoms with Gasteiger partial charge in [-0.1, -0.05) is 39.0 Å². The van der Waals surface area contributed by atoms with Crippen molar-refractivity contribution >= 4 is 23.3 Å². The minimum atomic E-state index is -0.413. The molecule has 0 aliphatic carbocycles. The van der Waals surface area contributed by atoms with Crippen LogP contribution in [-0.2, 0) is 21.5 Å². The molecule has 3 aromatic rings. The molecule has 9 heteroatoms. The third-order valence-electron chi connectivity index (χ3n) is 5.20. The first kappa shape index (κ1) is 22.3. The van der Waals surface area contributed by atoms with Crippen molar-refractivity contribution in [2.45, 2.75) is 45.6 Å². The minimum Gasteiger partial charge on any atom is -0.305 e. The summed E-state index contributed by atoms with van der Waals surface area (Å²) >= 11 is 0. The molecular formula is C24H25FN6O2. The number of aromatic nitrogens is 3. The molecule has 0 saturated heterocycles. The fourth-order valence-corrected chi connectivity index (χ4v) is 3.33. The molecule has 0 fully saturated rings. The average Bonchev–Trinajstić information content (AvgIpc) is 3.21. The van der Waals surface area contributed by atoms with E-state index in [-0.39, 0.29) is 42.2 Å². The summed E-state index contributed by atoms with van der Waals surface area (Å²) in [6.45, 7) is 6.27. The van der Waals surface area contributed by atoms with Crippen molar-refractivity contribution in [2.24, 2.45) is 5.10 Å². The maximum Gasteiger partial charge on any atom is 0.273 e. The van der Waals surface area contributed by atoms with Gasteiger partial charge in [-0.25, -0.2) is 14.4 Å². The van der Waals surface area contributed by atoms with Gasteiger partial charge < -0.3 is 5.32 Å². The largest absolute Gasteiger partial charge is 0.305 e. The molecule has 1 aliphatic heterocycles. The highest BCUT2D eigenvalue weighted by Crippen LogP contribution is 2.26. The number of carbonyl (C=O) groups excluding carboxylic acids is 2. The lowest BCUT2D eigenvalue weighted by Crippen LogP contribution is -2.36. The predicted octanol–water partition coefficient (Wildman–Crippen LogP) is 3.82. The Morgan fingerprint density at radius 1 is 1.12 bits per heavy atom. The van der Waals surface area contributed by atoms with E-state index in [1.807, 2.05) is 32.9 Å². The molecule has 33 heavy (non-hydrogen) atoms. The van der Waals surface area contributed by atoms with Crippen LogP contribution in [0.5, 0.6) is 0 Å². The number of carbonyl (C=O) groups is 2. The monoisotopic (exact) mass is 448 g/mol. The van der Waals surface area contributed by atoms with Crippen LogP contribution in [0, 0.1) is 5.82 Å². The molecule has 2 aromatic heterocycles. The van der Waals surface area contributed by atoms with Gasteiger partial charge in [-0.15, -0.1) is 0 Å². The standard InChI is InChI=1S/C24H25FN6O2/c1-24(2,3)19-14-21(31(29-19)20-6-4-5-13-26-20)27-23(33)18-11-12-22(32)30(28-18)15-16-7-9-17(25)10-8-16/h4-10,13-14H,11-12,15H2,1-3H3,(H,27,33). The molecule has 8 nitrogen and oxygen atoms in total. The van der Waals surface area contributed by atoms with E-state index in [4.69, 9.17) is 0 Å². The second-order valence-electron chi connectivity index (χ2n) is 8.84. The van der Waals surface area contributed by atoms with Crippen LogP contribution in [-0.4, -0.2) is 37.3 Å². The summed E-state index contributed by atoms with van der Waals surface area (Å²) in [5.41, 5.74) is 1.52. The van der Waals surface area contributed by atoms with E-state index in [1.54, 1.807) is 35.1 Å². The highest BCUT2D eigenvalue weighted by molar-refractivity contribution is 6.43. The summed E-state index contributed by atoms with van der Waals surface area (Å²) in [7, 11) is 0. The fourth-order valence-electron chi connectivity index (χ4n) is 3.33. The quantitative estimate of drug-likeness (QED) is 0.642. The number of amides is 2. The summed E-state index contributed by atoms with van der Waals surface area (Å²) in [5, 5.41) is 13.1. The Balaban J connectivity index is 1.59. The van der Waals surface area contributed by atoms with E-state index in [0.717, 1.165) is 11.3 Å². The van der Waals surface area contributed by atoms with Crippen LogP contribution >= 0.6 is 0 Å². The van der Waals surface area contributed by atoms with Crippen LogP contribution in [0.3, 0.4) is 0 Å². The molecule has 0 bridgehead atoms. The first-order valence-electron chi connectivity index (χ1n) is 10.7. The van der Waals surface area contributed by atoms with Crippen molar-refractivity contribution in [3.63, 3.8) is 0 Å². The summed E-state index contributed by atoms with van der Waals surface area (Å²) in [4.78, 5) is 29.7. The molecule has 2 amide bonds. The Morgan fingerprint density at radius 3 is 2.55 bits per heavy atom. The molecule has 170 valence electrons. The summed E-state index contributed by atoms with van der Waals surface area (Å²) in [5.74, 6) is 0.0790. The fraction of sp³-hybridized carbons (Fsp3) is 0.292. The number of anilines is 1. The highest BCUT2D eigenvalue weighted by atomic mass is 19.1. The van der Waals surface area contributed by atoms with E-state index >= 15 is 0 Å². The smallest absolute Gasteiger partial charge is 0.273 e. The Hall–Kier alpha value is -3.88. The summed E-state index contributed by atoms with van der Waals surface area (Å²) in [6, 6.07) is 13.1. The van der Waals surface area contributed by atoms with Crippen molar-refractivity contribution in [3.8, 4) is 5.82 Å². The lowest BCUT2D eigenvalue weighted by Gasteiger charge is -2.23. The van der Waals surface area contributed by atoms with E-state index in [2.05, 4.69) is 20.5 Å². The van der Waals surface area contributed by atoms with Crippen molar-refractivity contribution in [2.75, 3.05) is 5.32 Å². The lowest BCUT2D eigenvalue weighted by atomic mass is 9.92. The number of rotatable bonds is 5. The Kier molecular flexibility index (Phi) is 6.04. The molecule has 4 rings (SSSR count). The summed E-state index contributed by atoms with van der Waals surface area (Å²) < 4.78 is 14.8. The molecule has 0 atom stereocenters. The molecule has 1 aliphatic rings. The molecule has 0 spiro atoms. The van der Waals surface area contributed by atoms with Gasteiger partial charge >= 0.3 is 0 Å². The van der Waals surface area contributed by atoms with Gasteiger partial charge in [0, 0.05) is 30.5 Å². The number of nitrogens with zero attached hydrogens (tertiary/aromatic N) is 5.